The third-order valence-corrected chi connectivity index (χ3v) is 2.60. The molecular weight excluding hydrogens is 168 g/mol. The van der Waals surface area contributed by atoms with Crippen molar-refractivity contribution in [2.24, 2.45) is 0 Å². The molecule has 1 heterocycles. The van der Waals surface area contributed by atoms with Gasteiger partial charge in [-0.15, -0.1) is 11.3 Å². The van der Waals surface area contributed by atoms with E-state index in [2.05, 4.69) is 4.98 Å². The Morgan fingerprint density at radius 1 is 1.42 bits per heavy atom. The lowest BCUT2D eigenvalue weighted by molar-refractivity contribution is 1.08. The van der Waals surface area contributed by atoms with E-state index >= 15 is 0 Å². The van der Waals surface area contributed by atoms with Crippen molar-refractivity contribution in [3.63, 3.8) is 0 Å². The molecule has 1 unspecified atom stereocenters. The van der Waals surface area contributed by atoms with E-state index in [0.717, 1.165) is 5.01 Å². The maximum atomic E-state index is 7.65. The van der Waals surface area contributed by atoms with Gasteiger partial charge in [-0.3, -0.25) is 0 Å². The summed E-state index contributed by atoms with van der Waals surface area (Å²) in [6.07, 6.45) is 9.43. The van der Waals surface area contributed by atoms with Gasteiger partial charge < -0.3 is 5.41 Å². The number of thiazole rings is 1. The average Bonchev–Trinajstić information content (AvgIpc) is 2.57. The molecule has 60 valence electrons. The maximum absolute atomic E-state index is 7.65. The topological polar surface area (TPSA) is 36.7 Å². The van der Waals surface area contributed by atoms with Gasteiger partial charge >= 0.3 is 0 Å². The molecule has 0 spiro atoms. The van der Waals surface area contributed by atoms with Crippen LogP contribution in [-0.2, 0) is 0 Å². The van der Waals surface area contributed by atoms with E-state index in [0.29, 0.717) is 5.71 Å². The largest absolute Gasteiger partial charge is 0.304 e. The first-order valence-electron chi connectivity index (χ1n) is 3.70. The molecule has 0 amide bonds. The number of hydrogen-bond acceptors (Lipinski definition) is 3. The van der Waals surface area contributed by atoms with Crippen LogP contribution in [0, 0.1) is 5.41 Å². The van der Waals surface area contributed by atoms with Gasteiger partial charge in [0, 0.05) is 17.3 Å². The number of aromatic nitrogens is 1. The molecule has 0 fully saturated rings. The molecule has 2 nitrogen and oxygen atoms in total. The summed E-state index contributed by atoms with van der Waals surface area (Å²) in [4.78, 5) is 4.18. The monoisotopic (exact) mass is 176 g/mol. The van der Waals surface area contributed by atoms with Gasteiger partial charge in [0.15, 0.2) is 0 Å². The number of hydrogen-bond donors (Lipinski definition) is 1. The highest BCUT2D eigenvalue weighted by Gasteiger charge is 2.15. The Kier molecular flexibility index (Phi) is 1.87. The number of nitrogens with zero attached hydrogens (tertiary/aromatic N) is 1. The van der Waals surface area contributed by atoms with Crippen LogP contribution in [0.2, 0.25) is 0 Å². The molecule has 0 radical (unpaired) electrons. The summed E-state index contributed by atoms with van der Waals surface area (Å²) in [6, 6.07) is 0. The highest BCUT2D eigenvalue weighted by molar-refractivity contribution is 7.09. The van der Waals surface area contributed by atoms with Gasteiger partial charge in [-0.25, -0.2) is 4.98 Å². The van der Waals surface area contributed by atoms with Crippen molar-refractivity contribution in [1.82, 2.24) is 4.98 Å². The fourth-order valence-corrected chi connectivity index (χ4v) is 1.88. The Morgan fingerprint density at radius 2 is 2.33 bits per heavy atom. The van der Waals surface area contributed by atoms with Crippen molar-refractivity contribution >= 4 is 17.0 Å². The molecule has 1 aliphatic carbocycles. The highest BCUT2D eigenvalue weighted by atomic mass is 32.1. The Labute approximate surface area is 74.8 Å². The van der Waals surface area contributed by atoms with Crippen molar-refractivity contribution in [1.29, 1.82) is 5.41 Å². The first kappa shape index (κ1) is 7.43. The fourth-order valence-electron chi connectivity index (χ4n) is 1.15. The molecule has 1 aliphatic rings. The average molecular weight is 176 g/mol. The molecule has 0 saturated heterocycles. The molecular formula is C9H8N2S. The minimum Gasteiger partial charge on any atom is -0.304 e. The SMILES string of the molecule is N=C1C=CC=CC1c1nccs1. The molecule has 1 atom stereocenters. The van der Waals surface area contributed by atoms with Crippen LogP contribution < -0.4 is 0 Å². The van der Waals surface area contributed by atoms with Crippen LogP contribution in [0.4, 0.5) is 0 Å². The van der Waals surface area contributed by atoms with Gasteiger partial charge in [0.25, 0.3) is 0 Å². The van der Waals surface area contributed by atoms with Gasteiger partial charge in [0.1, 0.15) is 5.01 Å². The summed E-state index contributed by atoms with van der Waals surface area (Å²) < 4.78 is 0. The Hall–Kier alpha value is -1.22. The lowest BCUT2D eigenvalue weighted by atomic mass is 10.00. The lowest BCUT2D eigenvalue weighted by Crippen LogP contribution is -2.07. The van der Waals surface area contributed by atoms with Crippen molar-refractivity contribution in [2.75, 3.05) is 0 Å². The minimum absolute atomic E-state index is 0.0787. The predicted octanol–water partition coefficient (Wildman–Crippen LogP) is 2.37. The zero-order chi connectivity index (χ0) is 8.39. The van der Waals surface area contributed by atoms with Crippen molar-refractivity contribution in [3.05, 3.63) is 40.9 Å². The molecule has 1 N–H and O–H groups in total. The van der Waals surface area contributed by atoms with Gasteiger partial charge in [0.2, 0.25) is 0 Å². The first-order valence-corrected chi connectivity index (χ1v) is 4.58. The van der Waals surface area contributed by atoms with Crippen LogP contribution in [-0.4, -0.2) is 10.7 Å². The third-order valence-electron chi connectivity index (χ3n) is 1.74. The van der Waals surface area contributed by atoms with Crippen LogP contribution in [0.25, 0.3) is 0 Å². The van der Waals surface area contributed by atoms with Crippen LogP contribution in [0.5, 0.6) is 0 Å². The molecule has 0 saturated carbocycles. The Bertz CT molecular complexity index is 335. The summed E-state index contributed by atoms with van der Waals surface area (Å²) >= 11 is 1.60. The van der Waals surface area contributed by atoms with Crippen molar-refractivity contribution in [2.45, 2.75) is 5.92 Å². The van der Waals surface area contributed by atoms with Crippen LogP contribution in [0.15, 0.2) is 35.9 Å². The van der Waals surface area contributed by atoms with Gasteiger partial charge in [-0.1, -0.05) is 18.2 Å². The maximum Gasteiger partial charge on any atom is 0.105 e. The number of nitrogens with one attached hydrogen (secondary N) is 1. The smallest absolute Gasteiger partial charge is 0.105 e. The highest BCUT2D eigenvalue weighted by Crippen LogP contribution is 2.23. The Balaban J connectivity index is 2.31. The third kappa shape index (κ3) is 1.23. The van der Waals surface area contributed by atoms with E-state index in [4.69, 9.17) is 5.41 Å². The second-order valence-electron chi connectivity index (χ2n) is 2.55. The second kappa shape index (κ2) is 3.03. The van der Waals surface area contributed by atoms with E-state index in [1.54, 1.807) is 17.5 Å². The molecule has 0 bridgehead atoms. The summed E-state index contributed by atoms with van der Waals surface area (Å²) in [5.41, 5.74) is 0.618. The molecule has 0 aliphatic heterocycles. The van der Waals surface area contributed by atoms with Crippen LogP contribution >= 0.6 is 11.3 Å². The summed E-state index contributed by atoms with van der Waals surface area (Å²) in [5, 5.41) is 10.6. The van der Waals surface area contributed by atoms with Crippen LogP contribution in [0.1, 0.15) is 10.9 Å². The zero-order valence-corrected chi connectivity index (χ0v) is 7.21. The van der Waals surface area contributed by atoms with E-state index in [-0.39, 0.29) is 5.92 Å². The quantitative estimate of drug-likeness (QED) is 0.700. The molecule has 12 heavy (non-hydrogen) atoms. The fraction of sp³-hybridized carbons (Fsp3) is 0.111. The van der Waals surface area contributed by atoms with Crippen molar-refractivity contribution < 1.29 is 0 Å². The Morgan fingerprint density at radius 3 is 3.00 bits per heavy atom. The van der Waals surface area contributed by atoms with Crippen molar-refractivity contribution in [3.8, 4) is 0 Å². The summed E-state index contributed by atoms with van der Waals surface area (Å²) in [7, 11) is 0. The first-order chi connectivity index (χ1) is 5.88. The summed E-state index contributed by atoms with van der Waals surface area (Å²) in [6.45, 7) is 0. The standard InChI is InChI=1S/C9H8N2S/c10-8-4-2-1-3-7(8)9-11-5-6-12-9/h1-7,10H. The van der Waals surface area contributed by atoms with Gasteiger partial charge in [-0.05, 0) is 6.08 Å². The number of rotatable bonds is 1. The normalized spacial score (nSPS) is 21.7. The van der Waals surface area contributed by atoms with E-state index in [9.17, 15) is 0 Å². The number of allylic oxidation sites excluding steroid dienone is 4. The summed E-state index contributed by atoms with van der Waals surface area (Å²) in [5.74, 6) is 0.0787. The van der Waals surface area contributed by atoms with E-state index in [1.807, 2.05) is 29.7 Å². The van der Waals surface area contributed by atoms with Gasteiger partial charge in [-0.2, -0.15) is 0 Å². The second-order valence-corrected chi connectivity index (χ2v) is 3.47. The lowest BCUT2D eigenvalue weighted by Gasteiger charge is -2.10. The van der Waals surface area contributed by atoms with Gasteiger partial charge in [0.05, 0.1) is 5.92 Å². The van der Waals surface area contributed by atoms with Crippen LogP contribution in [0.3, 0.4) is 0 Å². The van der Waals surface area contributed by atoms with E-state index < -0.39 is 0 Å². The van der Waals surface area contributed by atoms with E-state index in [1.165, 1.54) is 0 Å². The molecule has 3 heteroatoms. The minimum atomic E-state index is 0.0787. The molecule has 0 aromatic carbocycles. The molecule has 1 aromatic heterocycles. The molecule has 2 rings (SSSR count). The zero-order valence-electron chi connectivity index (χ0n) is 6.40. The molecule has 1 aromatic rings. The predicted molar refractivity (Wildman–Crippen MR) is 50.9 cm³/mol.